The van der Waals surface area contributed by atoms with Gasteiger partial charge in [0.25, 0.3) is 5.91 Å². The summed E-state index contributed by atoms with van der Waals surface area (Å²) in [6, 6.07) is 8.48. The van der Waals surface area contributed by atoms with Crippen LogP contribution in [0.5, 0.6) is 0 Å². The fourth-order valence-electron chi connectivity index (χ4n) is 4.42. The van der Waals surface area contributed by atoms with Gasteiger partial charge in [0.1, 0.15) is 0 Å². The lowest BCUT2D eigenvalue weighted by Gasteiger charge is -2.33. The Morgan fingerprint density at radius 2 is 1.70 bits per heavy atom. The number of carbonyl (C=O) groups excluding carboxylic acids is 1. The molecule has 1 fully saturated rings. The zero-order valence-corrected chi connectivity index (χ0v) is 21.4. The van der Waals surface area contributed by atoms with Gasteiger partial charge in [0, 0.05) is 6.04 Å². The summed E-state index contributed by atoms with van der Waals surface area (Å²) in [5.74, 6) is -0.497. The number of hydrogen-bond acceptors (Lipinski definition) is 4. The van der Waals surface area contributed by atoms with Crippen molar-refractivity contribution in [2.45, 2.75) is 63.8 Å². The minimum absolute atomic E-state index is 0.214. The molecule has 1 saturated carbocycles. The van der Waals surface area contributed by atoms with Gasteiger partial charge >= 0.3 is 0 Å². The molecular weight excluding hydrogens is 481 g/mol. The van der Waals surface area contributed by atoms with E-state index in [1.54, 1.807) is 32.0 Å². The molecule has 2 aromatic rings. The summed E-state index contributed by atoms with van der Waals surface area (Å²) in [6.07, 6.45) is 5.88. The van der Waals surface area contributed by atoms with Crippen LogP contribution in [0.25, 0.3) is 0 Å². The number of sulfonamides is 1. The molecular formula is C24H29Cl2N3O3S. The fraction of sp³-hybridized carbons (Fsp3) is 0.417. The highest BCUT2D eigenvalue weighted by Crippen LogP contribution is 2.31. The number of nitrogens with one attached hydrogen (secondary N) is 1. The van der Waals surface area contributed by atoms with Crippen LogP contribution < -0.4 is 5.43 Å². The molecule has 0 spiro atoms. The van der Waals surface area contributed by atoms with Crippen molar-refractivity contribution in [3.8, 4) is 0 Å². The Kier molecular flexibility index (Phi) is 8.56. The summed E-state index contributed by atoms with van der Waals surface area (Å²) < 4.78 is 28.9. The molecule has 1 N–H and O–H groups in total. The van der Waals surface area contributed by atoms with Gasteiger partial charge in [0.05, 0.1) is 27.7 Å². The maximum Gasteiger partial charge on any atom is 0.255 e. The molecule has 1 amide bonds. The van der Waals surface area contributed by atoms with Crippen LogP contribution in [0.3, 0.4) is 0 Å². The molecule has 0 bridgehead atoms. The molecule has 0 atom stereocenters. The van der Waals surface area contributed by atoms with Crippen LogP contribution in [0.4, 0.5) is 0 Å². The molecule has 1 aliphatic rings. The molecule has 3 rings (SSSR count). The van der Waals surface area contributed by atoms with E-state index < -0.39 is 15.9 Å². The van der Waals surface area contributed by atoms with E-state index in [9.17, 15) is 13.2 Å². The Balaban J connectivity index is 1.83. The van der Waals surface area contributed by atoms with Gasteiger partial charge in [-0.05, 0) is 62.4 Å². The smallest absolute Gasteiger partial charge is 0.255 e. The highest BCUT2D eigenvalue weighted by atomic mass is 35.5. The number of aryl methyl sites for hydroxylation is 3. The van der Waals surface area contributed by atoms with Crippen molar-refractivity contribution in [1.82, 2.24) is 9.73 Å². The Morgan fingerprint density at radius 1 is 1.06 bits per heavy atom. The Morgan fingerprint density at radius 3 is 2.30 bits per heavy atom. The second-order valence-electron chi connectivity index (χ2n) is 8.54. The largest absolute Gasteiger partial charge is 0.272 e. The molecule has 0 unspecified atom stereocenters. The van der Waals surface area contributed by atoms with Crippen molar-refractivity contribution in [2.24, 2.45) is 5.10 Å². The van der Waals surface area contributed by atoms with E-state index in [2.05, 4.69) is 10.5 Å². The van der Waals surface area contributed by atoms with Crippen LogP contribution in [-0.4, -0.2) is 37.4 Å². The third-order valence-electron chi connectivity index (χ3n) is 5.80. The molecule has 2 aromatic carbocycles. The Hall–Kier alpha value is -1.93. The van der Waals surface area contributed by atoms with E-state index in [1.165, 1.54) is 10.5 Å². The first-order valence-corrected chi connectivity index (χ1v) is 13.2. The summed E-state index contributed by atoms with van der Waals surface area (Å²) in [5, 5.41) is 4.77. The van der Waals surface area contributed by atoms with Crippen LogP contribution in [0, 0.1) is 20.8 Å². The summed E-state index contributed by atoms with van der Waals surface area (Å²) in [6.45, 7) is 5.24. The molecule has 0 saturated heterocycles. The second-order valence-corrected chi connectivity index (χ2v) is 11.2. The van der Waals surface area contributed by atoms with Gasteiger partial charge in [0.15, 0.2) is 0 Å². The molecule has 9 heteroatoms. The molecule has 0 heterocycles. The number of carbonyl (C=O) groups is 1. The normalized spacial score (nSPS) is 15.3. The molecule has 1 aliphatic carbocycles. The third-order valence-corrected chi connectivity index (χ3v) is 8.74. The average molecular weight is 510 g/mol. The maximum absolute atomic E-state index is 13.8. The molecule has 178 valence electrons. The molecule has 0 aliphatic heterocycles. The van der Waals surface area contributed by atoms with Crippen LogP contribution in [-0.2, 0) is 14.8 Å². The minimum atomic E-state index is -3.87. The number of halogens is 2. The maximum atomic E-state index is 13.8. The summed E-state index contributed by atoms with van der Waals surface area (Å²) in [7, 11) is -3.87. The summed E-state index contributed by atoms with van der Waals surface area (Å²) in [5.41, 5.74) is 5.48. The standard InChI is InChI=1S/C24H29Cl2N3O3S/c1-16-11-17(2)24(18(3)12-16)33(31,32)29(20-7-5-4-6-8-20)15-23(30)28-27-14-19-9-10-21(25)22(26)13-19/h9-14,20H,4-8,15H2,1-3H3,(H,28,30)/b27-14+. The minimum Gasteiger partial charge on any atom is -0.272 e. The SMILES string of the molecule is Cc1cc(C)c(S(=O)(=O)N(CC(=O)N/N=C/c2ccc(Cl)c(Cl)c2)C2CCCCC2)c(C)c1. The van der Waals surface area contributed by atoms with Gasteiger partial charge in [-0.3, -0.25) is 4.79 Å². The van der Waals surface area contributed by atoms with Crippen molar-refractivity contribution in [3.05, 3.63) is 62.6 Å². The first kappa shape index (κ1) is 25.7. The first-order chi connectivity index (χ1) is 15.6. The lowest BCUT2D eigenvalue weighted by atomic mass is 9.95. The molecule has 0 aromatic heterocycles. The lowest BCUT2D eigenvalue weighted by molar-refractivity contribution is -0.121. The highest BCUT2D eigenvalue weighted by molar-refractivity contribution is 7.89. The van der Waals surface area contributed by atoms with Crippen molar-refractivity contribution in [2.75, 3.05) is 6.54 Å². The van der Waals surface area contributed by atoms with E-state index in [4.69, 9.17) is 23.2 Å². The van der Waals surface area contributed by atoms with Crippen molar-refractivity contribution in [1.29, 1.82) is 0 Å². The zero-order valence-electron chi connectivity index (χ0n) is 19.1. The second kappa shape index (κ2) is 11.0. The van der Waals surface area contributed by atoms with E-state index >= 15 is 0 Å². The van der Waals surface area contributed by atoms with Gasteiger partial charge < -0.3 is 0 Å². The molecule has 33 heavy (non-hydrogen) atoms. The Bertz CT molecular complexity index is 1140. The predicted molar refractivity (Wildman–Crippen MR) is 134 cm³/mol. The van der Waals surface area contributed by atoms with Gasteiger partial charge in [-0.1, -0.05) is 66.2 Å². The summed E-state index contributed by atoms with van der Waals surface area (Å²) in [4.78, 5) is 13.0. The van der Waals surface area contributed by atoms with Gasteiger partial charge in [-0.25, -0.2) is 13.8 Å². The summed E-state index contributed by atoms with van der Waals surface area (Å²) >= 11 is 11.9. The number of hydrogen-bond donors (Lipinski definition) is 1. The average Bonchev–Trinajstić information content (AvgIpc) is 2.74. The number of benzene rings is 2. The Labute approximate surface area is 206 Å². The quantitative estimate of drug-likeness (QED) is 0.401. The lowest BCUT2D eigenvalue weighted by Crippen LogP contribution is -2.46. The monoisotopic (exact) mass is 509 g/mol. The van der Waals surface area contributed by atoms with Crippen LogP contribution in [0.15, 0.2) is 40.3 Å². The highest BCUT2D eigenvalue weighted by Gasteiger charge is 2.35. The number of hydrazone groups is 1. The fourth-order valence-corrected chi connectivity index (χ4v) is 6.78. The van der Waals surface area contributed by atoms with E-state index in [0.29, 0.717) is 26.7 Å². The molecule has 6 nitrogen and oxygen atoms in total. The van der Waals surface area contributed by atoms with E-state index in [-0.39, 0.29) is 17.5 Å². The number of amides is 1. The number of rotatable bonds is 7. The third kappa shape index (κ3) is 6.35. The van der Waals surface area contributed by atoms with Gasteiger partial charge in [-0.2, -0.15) is 9.41 Å². The van der Waals surface area contributed by atoms with E-state index in [0.717, 1.165) is 37.7 Å². The van der Waals surface area contributed by atoms with Gasteiger partial charge in [0.2, 0.25) is 10.0 Å². The molecule has 0 radical (unpaired) electrons. The topological polar surface area (TPSA) is 78.8 Å². The first-order valence-electron chi connectivity index (χ1n) is 11.0. The van der Waals surface area contributed by atoms with E-state index in [1.807, 2.05) is 19.1 Å². The van der Waals surface area contributed by atoms with Crippen LogP contribution in [0.2, 0.25) is 10.0 Å². The zero-order chi connectivity index (χ0) is 24.2. The van der Waals surface area contributed by atoms with Crippen molar-refractivity contribution < 1.29 is 13.2 Å². The number of nitrogens with zero attached hydrogens (tertiary/aromatic N) is 2. The van der Waals surface area contributed by atoms with Crippen LogP contribution >= 0.6 is 23.2 Å². The van der Waals surface area contributed by atoms with Crippen molar-refractivity contribution in [3.63, 3.8) is 0 Å². The van der Waals surface area contributed by atoms with Crippen LogP contribution in [0.1, 0.15) is 54.4 Å². The van der Waals surface area contributed by atoms with Crippen molar-refractivity contribution >= 4 is 45.3 Å². The van der Waals surface area contributed by atoms with Gasteiger partial charge in [-0.15, -0.1) is 0 Å². The predicted octanol–water partition coefficient (Wildman–Crippen LogP) is 5.39.